The van der Waals surface area contributed by atoms with Crippen molar-refractivity contribution < 1.29 is 0 Å². The summed E-state index contributed by atoms with van der Waals surface area (Å²) in [5.74, 6) is 0. The zero-order chi connectivity index (χ0) is 31.0. The number of nitrogens with zero attached hydrogens (tertiary/aromatic N) is 2. The molecule has 1 aliphatic rings. The SMILES string of the molecule is c1ccc(-n2ccc3c4c5ccccc5n(-c5ccc6c(c5)C(c5ccccc5)(c5ccccc5)c5ccccc5-6)c4ccc32)cc1. The number of hydrogen-bond acceptors (Lipinski definition) is 0. The Bertz CT molecular complexity index is 2570. The zero-order valence-electron chi connectivity index (χ0n) is 25.7. The normalized spacial score (nSPS) is 13.3. The predicted octanol–water partition coefficient (Wildman–Crippen LogP) is 11.1. The molecule has 7 aromatic carbocycles. The van der Waals surface area contributed by atoms with Gasteiger partial charge in [-0.2, -0.15) is 0 Å². The molecule has 0 saturated heterocycles. The number of rotatable bonds is 4. The highest BCUT2D eigenvalue weighted by molar-refractivity contribution is 6.21. The number of para-hydroxylation sites is 2. The molecule has 2 nitrogen and oxygen atoms in total. The van der Waals surface area contributed by atoms with Crippen molar-refractivity contribution in [2.75, 3.05) is 0 Å². The van der Waals surface area contributed by atoms with E-state index in [0.717, 1.165) is 0 Å². The van der Waals surface area contributed by atoms with E-state index in [4.69, 9.17) is 0 Å². The van der Waals surface area contributed by atoms with Gasteiger partial charge in [0.05, 0.1) is 22.0 Å². The Morgan fingerprint density at radius 2 is 0.979 bits per heavy atom. The first kappa shape index (κ1) is 26.1. The molecule has 0 N–H and O–H groups in total. The number of benzene rings is 7. The van der Waals surface area contributed by atoms with Gasteiger partial charge in [-0.3, -0.25) is 0 Å². The Labute approximate surface area is 273 Å². The van der Waals surface area contributed by atoms with E-state index in [2.05, 4.69) is 191 Å². The van der Waals surface area contributed by atoms with Crippen LogP contribution < -0.4 is 0 Å². The summed E-state index contributed by atoms with van der Waals surface area (Å²) >= 11 is 0. The van der Waals surface area contributed by atoms with Gasteiger partial charge in [-0.25, -0.2) is 0 Å². The summed E-state index contributed by atoms with van der Waals surface area (Å²) in [4.78, 5) is 0. The molecular formula is C45H30N2. The van der Waals surface area contributed by atoms with Crippen LogP contribution in [0.5, 0.6) is 0 Å². The standard InChI is InChI=1S/C45H30N2/c1-4-14-31(15-5-1)45(32-16-6-2-7-17-32)39-22-12-10-20-35(39)36-25-24-34(30-40(36)45)47-42-23-13-11-21-37(42)44-38-28-29-46(33-18-8-3-9-19-33)41(38)26-27-43(44)47/h1-30H. The van der Waals surface area contributed by atoms with Gasteiger partial charge in [-0.05, 0) is 81.9 Å². The van der Waals surface area contributed by atoms with Crippen LogP contribution in [0, 0.1) is 0 Å². The maximum atomic E-state index is 2.47. The van der Waals surface area contributed by atoms with Crippen LogP contribution >= 0.6 is 0 Å². The summed E-state index contributed by atoms with van der Waals surface area (Å²) in [5, 5.41) is 3.81. The Kier molecular flexibility index (Phi) is 5.53. The summed E-state index contributed by atoms with van der Waals surface area (Å²) in [6, 6.07) is 64.5. The fourth-order valence-corrected chi connectivity index (χ4v) is 8.35. The molecule has 220 valence electrons. The third kappa shape index (κ3) is 3.55. The van der Waals surface area contributed by atoms with E-state index < -0.39 is 5.41 Å². The second-order valence-electron chi connectivity index (χ2n) is 12.5. The van der Waals surface area contributed by atoms with E-state index in [1.807, 2.05) is 0 Å². The molecule has 2 heteroatoms. The van der Waals surface area contributed by atoms with Crippen molar-refractivity contribution in [3.05, 3.63) is 204 Å². The summed E-state index contributed by atoms with van der Waals surface area (Å²) in [5.41, 5.74) is 13.3. The Morgan fingerprint density at radius 1 is 0.383 bits per heavy atom. The molecule has 1 aliphatic carbocycles. The van der Waals surface area contributed by atoms with Crippen LogP contribution in [0.2, 0.25) is 0 Å². The molecule has 0 bridgehead atoms. The van der Waals surface area contributed by atoms with Crippen molar-refractivity contribution in [1.82, 2.24) is 9.13 Å². The predicted molar refractivity (Wildman–Crippen MR) is 195 cm³/mol. The first-order valence-corrected chi connectivity index (χ1v) is 16.3. The van der Waals surface area contributed by atoms with Crippen molar-refractivity contribution in [3.63, 3.8) is 0 Å². The van der Waals surface area contributed by atoms with Crippen LogP contribution in [0.3, 0.4) is 0 Å². The van der Waals surface area contributed by atoms with Crippen molar-refractivity contribution in [3.8, 4) is 22.5 Å². The van der Waals surface area contributed by atoms with Gasteiger partial charge in [0, 0.05) is 33.7 Å². The van der Waals surface area contributed by atoms with E-state index in [1.165, 1.54) is 77.5 Å². The molecule has 0 radical (unpaired) electrons. The quantitative estimate of drug-likeness (QED) is 0.191. The smallest absolute Gasteiger partial charge is 0.0714 e. The summed E-state index contributed by atoms with van der Waals surface area (Å²) in [7, 11) is 0. The second kappa shape index (κ2) is 9.94. The molecular weight excluding hydrogens is 569 g/mol. The van der Waals surface area contributed by atoms with Crippen LogP contribution in [0.4, 0.5) is 0 Å². The molecule has 0 spiro atoms. The molecule has 2 heterocycles. The maximum Gasteiger partial charge on any atom is 0.0714 e. The average molecular weight is 599 g/mol. The minimum absolute atomic E-state index is 0.441. The van der Waals surface area contributed by atoms with Gasteiger partial charge in [-0.15, -0.1) is 0 Å². The van der Waals surface area contributed by atoms with Gasteiger partial charge >= 0.3 is 0 Å². The molecule has 47 heavy (non-hydrogen) atoms. The lowest BCUT2D eigenvalue weighted by atomic mass is 9.67. The lowest BCUT2D eigenvalue weighted by Gasteiger charge is -2.34. The third-order valence-electron chi connectivity index (χ3n) is 10.2. The van der Waals surface area contributed by atoms with Crippen molar-refractivity contribution in [1.29, 1.82) is 0 Å². The van der Waals surface area contributed by atoms with Gasteiger partial charge in [0.2, 0.25) is 0 Å². The fourth-order valence-electron chi connectivity index (χ4n) is 8.35. The van der Waals surface area contributed by atoms with Crippen LogP contribution in [-0.4, -0.2) is 9.13 Å². The van der Waals surface area contributed by atoms with Crippen LogP contribution in [-0.2, 0) is 5.41 Å². The van der Waals surface area contributed by atoms with Crippen LogP contribution in [0.1, 0.15) is 22.3 Å². The van der Waals surface area contributed by atoms with Gasteiger partial charge in [0.1, 0.15) is 0 Å². The molecule has 10 rings (SSSR count). The fraction of sp³-hybridized carbons (Fsp3) is 0.0222. The third-order valence-corrected chi connectivity index (χ3v) is 10.2. The molecule has 0 atom stereocenters. The van der Waals surface area contributed by atoms with E-state index in [0.29, 0.717) is 0 Å². The van der Waals surface area contributed by atoms with E-state index in [-0.39, 0.29) is 0 Å². The van der Waals surface area contributed by atoms with Crippen LogP contribution in [0.15, 0.2) is 182 Å². The summed E-state index contributed by atoms with van der Waals surface area (Å²) in [6.45, 7) is 0. The first-order chi connectivity index (χ1) is 23.3. The highest BCUT2D eigenvalue weighted by Gasteiger charge is 2.46. The van der Waals surface area contributed by atoms with Crippen molar-refractivity contribution in [2.24, 2.45) is 0 Å². The lowest BCUT2D eigenvalue weighted by Crippen LogP contribution is -2.28. The molecule has 9 aromatic rings. The largest absolute Gasteiger partial charge is 0.317 e. The maximum absolute atomic E-state index is 2.47. The molecule has 0 fully saturated rings. The lowest BCUT2D eigenvalue weighted by molar-refractivity contribution is 0.767. The zero-order valence-corrected chi connectivity index (χ0v) is 25.7. The number of aromatic nitrogens is 2. The molecule has 0 unspecified atom stereocenters. The number of hydrogen-bond donors (Lipinski definition) is 0. The topological polar surface area (TPSA) is 9.86 Å². The van der Waals surface area contributed by atoms with Gasteiger partial charge in [0.25, 0.3) is 0 Å². The molecule has 0 aliphatic heterocycles. The second-order valence-corrected chi connectivity index (χ2v) is 12.5. The van der Waals surface area contributed by atoms with E-state index >= 15 is 0 Å². The minimum atomic E-state index is -0.441. The van der Waals surface area contributed by atoms with Crippen LogP contribution in [0.25, 0.3) is 55.2 Å². The average Bonchev–Trinajstić information content (AvgIpc) is 3.81. The summed E-state index contributed by atoms with van der Waals surface area (Å²) in [6.07, 6.45) is 2.20. The van der Waals surface area contributed by atoms with E-state index in [1.54, 1.807) is 0 Å². The van der Waals surface area contributed by atoms with Gasteiger partial charge in [-0.1, -0.05) is 127 Å². The number of fused-ring (bicyclic) bond motifs is 8. The monoisotopic (exact) mass is 598 g/mol. The Morgan fingerprint density at radius 3 is 1.74 bits per heavy atom. The Balaban J connectivity index is 1.28. The Hall–Kier alpha value is -6.12. The molecule has 0 amide bonds. The van der Waals surface area contributed by atoms with Crippen molar-refractivity contribution in [2.45, 2.75) is 5.41 Å². The van der Waals surface area contributed by atoms with Crippen molar-refractivity contribution >= 4 is 32.7 Å². The van der Waals surface area contributed by atoms with E-state index in [9.17, 15) is 0 Å². The summed E-state index contributed by atoms with van der Waals surface area (Å²) < 4.78 is 4.76. The molecule has 2 aromatic heterocycles. The van der Waals surface area contributed by atoms with Gasteiger partial charge < -0.3 is 9.13 Å². The van der Waals surface area contributed by atoms with Gasteiger partial charge in [0.15, 0.2) is 0 Å². The molecule has 0 saturated carbocycles. The first-order valence-electron chi connectivity index (χ1n) is 16.3. The highest BCUT2D eigenvalue weighted by atomic mass is 15.0. The highest BCUT2D eigenvalue weighted by Crippen LogP contribution is 2.56. The minimum Gasteiger partial charge on any atom is -0.317 e.